The van der Waals surface area contributed by atoms with Gasteiger partial charge in [0.15, 0.2) is 5.82 Å². The number of hydrogen-bond donors (Lipinski definition) is 1. The zero-order chi connectivity index (χ0) is 9.10. The number of carbonyl (C=O) groups is 1. The molecule has 0 aromatic carbocycles. The number of hydrogen-bond acceptors (Lipinski definition) is 4. The first kappa shape index (κ1) is 8.25. The van der Waals surface area contributed by atoms with Crippen molar-refractivity contribution in [2.24, 2.45) is 0 Å². The van der Waals surface area contributed by atoms with Gasteiger partial charge < -0.3 is 14.6 Å². The van der Waals surface area contributed by atoms with E-state index in [9.17, 15) is 4.79 Å². The average Bonchev–Trinajstić information content (AvgIpc) is 2.74. The first-order valence-electron chi connectivity index (χ1n) is 4.19. The second-order valence-corrected chi connectivity index (χ2v) is 2.88. The van der Waals surface area contributed by atoms with Gasteiger partial charge in [0, 0.05) is 12.7 Å². The molecule has 0 radical (unpaired) electrons. The van der Waals surface area contributed by atoms with Crippen molar-refractivity contribution in [3.8, 4) is 0 Å². The molecule has 0 spiro atoms. The molecule has 1 saturated heterocycles. The minimum absolute atomic E-state index is 0.147. The Hall–Kier alpha value is -1.36. The standard InChI is InChI=1S/C8H10N2O3/c11-8(6-2-1-4-12-6)9-7-3-5-13-10-7/h3,5-6H,1-2,4H2,(H,9,10,11). The van der Waals surface area contributed by atoms with Crippen LogP contribution in [0.2, 0.25) is 0 Å². The van der Waals surface area contributed by atoms with Crippen LogP contribution in [-0.4, -0.2) is 23.8 Å². The van der Waals surface area contributed by atoms with E-state index in [0.717, 1.165) is 12.8 Å². The number of ether oxygens (including phenoxy) is 1. The largest absolute Gasteiger partial charge is 0.368 e. The predicted octanol–water partition coefficient (Wildman–Crippen LogP) is 0.792. The number of carbonyl (C=O) groups excluding carboxylic acids is 1. The molecule has 13 heavy (non-hydrogen) atoms. The number of nitrogens with zero attached hydrogens (tertiary/aromatic N) is 1. The Kier molecular flexibility index (Phi) is 2.27. The summed E-state index contributed by atoms with van der Waals surface area (Å²) in [6, 6.07) is 1.59. The summed E-state index contributed by atoms with van der Waals surface area (Å²) in [6.45, 7) is 0.664. The van der Waals surface area contributed by atoms with E-state index in [2.05, 4.69) is 15.0 Å². The Bertz CT molecular complexity index is 278. The highest BCUT2D eigenvalue weighted by Crippen LogP contribution is 2.13. The van der Waals surface area contributed by atoms with Crippen LogP contribution in [0.5, 0.6) is 0 Å². The molecule has 1 fully saturated rings. The van der Waals surface area contributed by atoms with Crippen molar-refractivity contribution in [3.63, 3.8) is 0 Å². The van der Waals surface area contributed by atoms with Gasteiger partial charge in [-0.15, -0.1) is 0 Å². The molecule has 2 rings (SSSR count). The monoisotopic (exact) mass is 182 g/mol. The van der Waals surface area contributed by atoms with Crippen LogP contribution in [0.3, 0.4) is 0 Å². The van der Waals surface area contributed by atoms with Crippen LogP contribution in [0.25, 0.3) is 0 Å². The van der Waals surface area contributed by atoms with Crippen molar-refractivity contribution in [1.82, 2.24) is 5.16 Å². The zero-order valence-electron chi connectivity index (χ0n) is 7.03. The molecule has 5 nitrogen and oxygen atoms in total. The van der Waals surface area contributed by atoms with E-state index in [0.29, 0.717) is 12.4 Å². The van der Waals surface area contributed by atoms with Gasteiger partial charge in [-0.05, 0) is 12.8 Å². The fraction of sp³-hybridized carbons (Fsp3) is 0.500. The summed E-state index contributed by atoms with van der Waals surface area (Å²) in [5, 5.41) is 6.16. The quantitative estimate of drug-likeness (QED) is 0.734. The van der Waals surface area contributed by atoms with Crippen LogP contribution in [0.15, 0.2) is 16.9 Å². The maximum Gasteiger partial charge on any atom is 0.254 e. The van der Waals surface area contributed by atoms with E-state index < -0.39 is 0 Å². The van der Waals surface area contributed by atoms with E-state index in [4.69, 9.17) is 4.74 Å². The average molecular weight is 182 g/mol. The van der Waals surface area contributed by atoms with Gasteiger partial charge in [-0.3, -0.25) is 4.79 Å². The van der Waals surface area contributed by atoms with Crippen LogP contribution in [-0.2, 0) is 9.53 Å². The second kappa shape index (κ2) is 3.57. The molecule has 5 heteroatoms. The molecular formula is C8H10N2O3. The number of nitrogens with one attached hydrogen (secondary N) is 1. The highest BCUT2D eigenvalue weighted by molar-refractivity contribution is 5.93. The Morgan fingerprint density at radius 2 is 2.62 bits per heavy atom. The van der Waals surface area contributed by atoms with Crippen LogP contribution >= 0.6 is 0 Å². The zero-order valence-corrected chi connectivity index (χ0v) is 7.03. The van der Waals surface area contributed by atoms with E-state index in [1.807, 2.05) is 0 Å². The van der Waals surface area contributed by atoms with Crippen molar-refractivity contribution in [2.75, 3.05) is 11.9 Å². The Morgan fingerprint density at radius 3 is 3.23 bits per heavy atom. The number of anilines is 1. The van der Waals surface area contributed by atoms with Crippen molar-refractivity contribution >= 4 is 11.7 Å². The van der Waals surface area contributed by atoms with Crippen LogP contribution in [0, 0.1) is 0 Å². The van der Waals surface area contributed by atoms with Crippen molar-refractivity contribution in [3.05, 3.63) is 12.3 Å². The fourth-order valence-corrected chi connectivity index (χ4v) is 1.27. The SMILES string of the molecule is O=C(Nc1ccon1)C1CCCO1. The summed E-state index contributed by atoms with van der Waals surface area (Å²) in [6.07, 6.45) is 2.81. The predicted molar refractivity (Wildman–Crippen MR) is 44.1 cm³/mol. The topological polar surface area (TPSA) is 64.4 Å². The second-order valence-electron chi connectivity index (χ2n) is 2.88. The van der Waals surface area contributed by atoms with Crippen LogP contribution in [0.4, 0.5) is 5.82 Å². The van der Waals surface area contributed by atoms with E-state index in [1.54, 1.807) is 6.07 Å². The molecule has 70 valence electrons. The smallest absolute Gasteiger partial charge is 0.254 e. The van der Waals surface area contributed by atoms with Gasteiger partial charge in [-0.1, -0.05) is 5.16 Å². The van der Waals surface area contributed by atoms with E-state index in [-0.39, 0.29) is 12.0 Å². The van der Waals surface area contributed by atoms with Crippen molar-refractivity contribution in [1.29, 1.82) is 0 Å². The molecule has 1 N–H and O–H groups in total. The molecule has 1 aliphatic rings. The molecule has 2 heterocycles. The highest BCUT2D eigenvalue weighted by Gasteiger charge is 2.23. The lowest BCUT2D eigenvalue weighted by Crippen LogP contribution is -2.26. The minimum atomic E-state index is -0.323. The summed E-state index contributed by atoms with van der Waals surface area (Å²) < 4.78 is 9.77. The molecule has 1 atom stereocenters. The Morgan fingerprint density at radius 1 is 1.69 bits per heavy atom. The molecule has 1 unspecified atom stereocenters. The van der Waals surface area contributed by atoms with E-state index >= 15 is 0 Å². The molecular weight excluding hydrogens is 172 g/mol. The third kappa shape index (κ3) is 1.86. The Labute approximate surface area is 75.0 Å². The lowest BCUT2D eigenvalue weighted by atomic mass is 10.2. The summed E-state index contributed by atoms with van der Waals surface area (Å²) >= 11 is 0. The third-order valence-corrected chi connectivity index (χ3v) is 1.91. The third-order valence-electron chi connectivity index (χ3n) is 1.91. The van der Waals surface area contributed by atoms with E-state index in [1.165, 1.54) is 6.26 Å². The minimum Gasteiger partial charge on any atom is -0.368 e. The van der Waals surface area contributed by atoms with Crippen molar-refractivity contribution in [2.45, 2.75) is 18.9 Å². The van der Waals surface area contributed by atoms with Crippen LogP contribution < -0.4 is 5.32 Å². The van der Waals surface area contributed by atoms with Gasteiger partial charge in [-0.2, -0.15) is 0 Å². The molecule has 1 aromatic heterocycles. The van der Waals surface area contributed by atoms with Gasteiger partial charge in [0.2, 0.25) is 0 Å². The maximum absolute atomic E-state index is 11.4. The normalized spacial score (nSPS) is 21.7. The highest BCUT2D eigenvalue weighted by atomic mass is 16.5. The summed E-state index contributed by atoms with van der Waals surface area (Å²) in [5.74, 6) is 0.284. The molecule has 0 aliphatic carbocycles. The lowest BCUT2D eigenvalue weighted by Gasteiger charge is -2.07. The van der Waals surface area contributed by atoms with Crippen LogP contribution in [0.1, 0.15) is 12.8 Å². The molecule has 1 aliphatic heterocycles. The van der Waals surface area contributed by atoms with Gasteiger partial charge >= 0.3 is 0 Å². The van der Waals surface area contributed by atoms with Crippen molar-refractivity contribution < 1.29 is 14.1 Å². The fourth-order valence-electron chi connectivity index (χ4n) is 1.27. The summed E-state index contributed by atoms with van der Waals surface area (Å²) in [4.78, 5) is 11.4. The lowest BCUT2D eigenvalue weighted by molar-refractivity contribution is -0.124. The molecule has 0 saturated carbocycles. The Balaban J connectivity index is 1.91. The molecule has 0 bridgehead atoms. The first-order chi connectivity index (χ1) is 6.36. The maximum atomic E-state index is 11.4. The van der Waals surface area contributed by atoms with Gasteiger partial charge in [-0.25, -0.2) is 0 Å². The number of rotatable bonds is 2. The summed E-state index contributed by atoms with van der Waals surface area (Å²) in [5.41, 5.74) is 0. The van der Waals surface area contributed by atoms with Gasteiger partial charge in [0.25, 0.3) is 5.91 Å². The molecule has 1 amide bonds. The van der Waals surface area contributed by atoms with Gasteiger partial charge in [0.1, 0.15) is 12.4 Å². The summed E-state index contributed by atoms with van der Waals surface area (Å²) in [7, 11) is 0. The number of amides is 1. The molecule has 1 aromatic rings. The number of aromatic nitrogens is 1. The first-order valence-corrected chi connectivity index (χ1v) is 4.19. The van der Waals surface area contributed by atoms with Gasteiger partial charge in [0.05, 0.1) is 0 Å².